The van der Waals surface area contributed by atoms with Crippen LogP contribution in [0.1, 0.15) is 42.5 Å². The van der Waals surface area contributed by atoms with Crippen LogP contribution in [0.15, 0.2) is 18.2 Å². The van der Waals surface area contributed by atoms with Gasteiger partial charge in [0.25, 0.3) is 0 Å². The van der Waals surface area contributed by atoms with Gasteiger partial charge in [0.15, 0.2) is 0 Å². The first-order valence-corrected chi connectivity index (χ1v) is 7.08. The number of aryl methyl sites for hydroxylation is 2. The molecule has 0 spiro atoms. The van der Waals surface area contributed by atoms with Crippen LogP contribution in [0.3, 0.4) is 0 Å². The topological polar surface area (TPSA) is 15.3 Å². The van der Waals surface area contributed by atoms with Gasteiger partial charge >= 0.3 is 0 Å². The van der Waals surface area contributed by atoms with Crippen molar-refractivity contribution in [1.82, 2.24) is 10.2 Å². The third-order valence-corrected chi connectivity index (χ3v) is 4.10. The minimum Gasteiger partial charge on any atom is -0.307 e. The molecule has 2 heteroatoms. The van der Waals surface area contributed by atoms with Crippen molar-refractivity contribution >= 4 is 0 Å². The van der Waals surface area contributed by atoms with Gasteiger partial charge in [-0.2, -0.15) is 0 Å². The van der Waals surface area contributed by atoms with Crippen LogP contribution >= 0.6 is 0 Å². The fraction of sp³-hybridized carbons (Fsp3) is 0.625. The lowest BCUT2D eigenvalue weighted by Gasteiger charge is -2.32. The van der Waals surface area contributed by atoms with E-state index in [4.69, 9.17) is 0 Å². The lowest BCUT2D eigenvalue weighted by molar-refractivity contribution is 0.226. The Morgan fingerprint density at radius 3 is 2.50 bits per heavy atom. The maximum absolute atomic E-state index is 3.79. The molecule has 0 aliphatic carbocycles. The Labute approximate surface area is 111 Å². The smallest absolute Gasteiger partial charge is 0.0296 e. The molecule has 1 aromatic rings. The fourth-order valence-electron chi connectivity index (χ4n) is 2.93. The van der Waals surface area contributed by atoms with E-state index in [0.717, 1.165) is 0 Å². The van der Waals surface area contributed by atoms with Gasteiger partial charge in [-0.15, -0.1) is 0 Å². The average Bonchev–Trinajstić information content (AvgIpc) is 2.32. The molecule has 0 aromatic heterocycles. The molecule has 0 saturated carbocycles. The lowest BCUT2D eigenvalue weighted by Crippen LogP contribution is -2.41. The third kappa shape index (κ3) is 3.33. The summed E-state index contributed by atoms with van der Waals surface area (Å²) >= 11 is 0. The van der Waals surface area contributed by atoms with E-state index in [9.17, 15) is 0 Å². The van der Waals surface area contributed by atoms with Crippen molar-refractivity contribution in [2.45, 2.75) is 45.7 Å². The monoisotopic (exact) mass is 246 g/mol. The molecule has 1 saturated heterocycles. The highest BCUT2D eigenvalue weighted by atomic mass is 15.1. The van der Waals surface area contributed by atoms with Crippen molar-refractivity contribution in [3.8, 4) is 0 Å². The highest BCUT2D eigenvalue weighted by Crippen LogP contribution is 2.21. The summed E-state index contributed by atoms with van der Waals surface area (Å²) in [5, 5.41) is 3.79. The van der Waals surface area contributed by atoms with Crippen LogP contribution in [0.2, 0.25) is 0 Å². The van der Waals surface area contributed by atoms with E-state index in [1.807, 2.05) is 0 Å². The zero-order chi connectivity index (χ0) is 13.1. The van der Waals surface area contributed by atoms with Gasteiger partial charge in [-0.1, -0.05) is 23.8 Å². The first kappa shape index (κ1) is 13.6. The number of nitrogens with zero attached hydrogens (tertiary/aromatic N) is 1. The van der Waals surface area contributed by atoms with Crippen LogP contribution in [0.25, 0.3) is 0 Å². The Morgan fingerprint density at radius 2 is 1.89 bits per heavy atom. The highest BCUT2D eigenvalue weighted by Gasteiger charge is 2.19. The molecule has 100 valence electrons. The normalized spacial score (nSPS) is 20.0. The molecule has 1 heterocycles. The molecule has 18 heavy (non-hydrogen) atoms. The summed E-state index contributed by atoms with van der Waals surface area (Å²) < 4.78 is 0. The Kier molecular flexibility index (Phi) is 4.41. The van der Waals surface area contributed by atoms with Gasteiger partial charge in [0.1, 0.15) is 0 Å². The van der Waals surface area contributed by atoms with Gasteiger partial charge in [0, 0.05) is 12.1 Å². The van der Waals surface area contributed by atoms with E-state index < -0.39 is 0 Å². The van der Waals surface area contributed by atoms with Crippen LogP contribution in [0, 0.1) is 13.8 Å². The second kappa shape index (κ2) is 5.85. The number of likely N-dealkylation sites (tertiary alicyclic amines) is 1. The van der Waals surface area contributed by atoms with E-state index in [0.29, 0.717) is 12.1 Å². The molecule has 0 amide bonds. The molecule has 1 aliphatic heterocycles. The Hall–Kier alpha value is -0.860. The molecule has 1 aliphatic rings. The fourth-order valence-corrected chi connectivity index (χ4v) is 2.93. The predicted octanol–water partition coefficient (Wildman–Crippen LogP) is 3.05. The summed E-state index contributed by atoms with van der Waals surface area (Å²) in [7, 11) is 2.21. The van der Waals surface area contributed by atoms with Crippen LogP contribution in [-0.2, 0) is 0 Å². The molecule has 0 bridgehead atoms. The van der Waals surface area contributed by atoms with Gasteiger partial charge in [-0.05, 0) is 64.9 Å². The van der Waals surface area contributed by atoms with E-state index in [1.165, 1.54) is 42.6 Å². The number of piperidine rings is 1. The van der Waals surface area contributed by atoms with E-state index in [2.05, 4.69) is 56.2 Å². The largest absolute Gasteiger partial charge is 0.307 e. The second-order valence-corrected chi connectivity index (χ2v) is 5.83. The predicted molar refractivity (Wildman–Crippen MR) is 78.0 cm³/mol. The Morgan fingerprint density at radius 1 is 1.22 bits per heavy atom. The highest BCUT2D eigenvalue weighted by molar-refractivity contribution is 5.32. The average molecular weight is 246 g/mol. The zero-order valence-corrected chi connectivity index (χ0v) is 12.2. The van der Waals surface area contributed by atoms with Crippen LogP contribution in [-0.4, -0.2) is 31.1 Å². The van der Waals surface area contributed by atoms with Gasteiger partial charge in [-0.25, -0.2) is 0 Å². The summed E-state index contributed by atoms with van der Waals surface area (Å²) in [4.78, 5) is 2.42. The molecule has 2 nitrogen and oxygen atoms in total. The summed E-state index contributed by atoms with van der Waals surface area (Å²) in [6.07, 6.45) is 2.54. The van der Waals surface area contributed by atoms with Gasteiger partial charge in [-0.3, -0.25) is 0 Å². The minimum atomic E-state index is 0.457. The molecule has 0 radical (unpaired) electrons. The van der Waals surface area contributed by atoms with E-state index in [1.54, 1.807) is 0 Å². The number of benzene rings is 1. The molecular formula is C16H26N2. The standard InChI is InChI=1S/C16H26N2/c1-12-5-6-16(13(2)11-12)14(3)17-15-7-9-18(4)10-8-15/h5-6,11,14-15,17H,7-10H2,1-4H3. The summed E-state index contributed by atoms with van der Waals surface area (Å²) in [6.45, 7) is 9.10. The SMILES string of the molecule is Cc1ccc(C(C)NC2CCN(C)CC2)c(C)c1. The maximum atomic E-state index is 3.79. The number of nitrogens with one attached hydrogen (secondary N) is 1. The van der Waals surface area contributed by atoms with Crippen molar-refractivity contribution < 1.29 is 0 Å². The first-order chi connectivity index (χ1) is 8.56. The molecule has 1 fully saturated rings. The summed E-state index contributed by atoms with van der Waals surface area (Å²) in [5.41, 5.74) is 4.20. The van der Waals surface area contributed by atoms with Crippen molar-refractivity contribution in [2.75, 3.05) is 20.1 Å². The second-order valence-electron chi connectivity index (χ2n) is 5.83. The molecule has 1 N–H and O–H groups in total. The maximum Gasteiger partial charge on any atom is 0.0296 e. The van der Waals surface area contributed by atoms with Crippen LogP contribution < -0.4 is 5.32 Å². The van der Waals surface area contributed by atoms with E-state index >= 15 is 0 Å². The molecule has 1 aromatic carbocycles. The van der Waals surface area contributed by atoms with Crippen molar-refractivity contribution in [3.63, 3.8) is 0 Å². The number of hydrogen-bond acceptors (Lipinski definition) is 2. The third-order valence-electron chi connectivity index (χ3n) is 4.10. The van der Waals surface area contributed by atoms with Crippen molar-refractivity contribution in [3.05, 3.63) is 34.9 Å². The van der Waals surface area contributed by atoms with Gasteiger partial charge in [0.05, 0.1) is 0 Å². The molecular weight excluding hydrogens is 220 g/mol. The summed E-state index contributed by atoms with van der Waals surface area (Å²) in [5.74, 6) is 0. The summed E-state index contributed by atoms with van der Waals surface area (Å²) in [6, 6.07) is 7.91. The molecule has 2 rings (SSSR count). The lowest BCUT2D eigenvalue weighted by atomic mass is 9.98. The molecule has 1 atom stereocenters. The van der Waals surface area contributed by atoms with Crippen molar-refractivity contribution in [1.29, 1.82) is 0 Å². The van der Waals surface area contributed by atoms with Crippen molar-refractivity contribution in [2.24, 2.45) is 0 Å². The number of hydrogen-bond donors (Lipinski definition) is 1. The van der Waals surface area contributed by atoms with Crippen LogP contribution in [0.5, 0.6) is 0 Å². The van der Waals surface area contributed by atoms with Gasteiger partial charge < -0.3 is 10.2 Å². The Bertz CT molecular complexity index is 392. The van der Waals surface area contributed by atoms with Crippen LogP contribution in [0.4, 0.5) is 0 Å². The minimum absolute atomic E-state index is 0.457. The van der Waals surface area contributed by atoms with Gasteiger partial charge in [0.2, 0.25) is 0 Å². The molecule has 1 unspecified atom stereocenters. The Balaban J connectivity index is 1.97. The zero-order valence-electron chi connectivity index (χ0n) is 12.2. The van der Waals surface area contributed by atoms with E-state index in [-0.39, 0.29) is 0 Å². The first-order valence-electron chi connectivity index (χ1n) is 7.08. The number of rotatable bonds is 3. The quantitative estimate of drug-likeness (QED) is 0.882.